The third kappa shape index (κ3) is 2.96. The predicted molar refractivity (Wildman–Crippen MR) is 109 cm³/mol. The molecule has 138 valence electrons. The van der Waals surface area contributed by atoms with Gasteiger partial charge in [0.1, 0.15) is 5.75 Å². The van der Waals surface area contributed by atoms with Gasteiger partial charge in [-0.25, -0.2) is 0 Å². The molecule has 5 nitrogen and oxygen atoms in total. The minimum absolute atomic E-state index is 0.0471. The van der Waals surface area contributed by atoms with Crippen LogP contribution in [0.25, 0.3) is 21.2 Å². The van der Waals surface area contributed by atoms with Crippen molar-refractivity contribution in [2.24, 2.45) is 0 Å². The number of carbonyl (C=O) groups excluding carboxylic acids is 1. The first-order chi connectivity index (χ1) is 12.9. The van der Waals surface area contributed by atoms with Crippen LogP contribution in [-0.4, -0.2) is 30.9 Å². The fraction of sp³-hybridized carbons (Fsp3) is 0.238. The molecule has 1 fully saturated rings. The molecule has 1 saturated heterocycles. The Balaban J connectivity index is 1.79. The lowest BCUT2D eigenvalue weighted by molar-refractivity contribution is -0.129. The molecule has 6 heteroatoms. The monoisotopic (exact) mass is 379 g/mol. The van der Waals surface area contributed by atoms with Crippen LogP contribution in [0.1, 0.15) is 18.2 Å². The summed E-state index contributed by atoms with van der Waals surface area (Å²) in [6.45, 7) is 1.99. The van der Waals surface area contributed by atoms with Crippen LogP contribution in [0.5, 0.6) is 5.75 Å². The molecule has 3 aromatic rings. The molecule has 2 aromatic carbocycles. The van der Waals surface area contributed by atoms with Crippen LogP contribution >= 0.6 is 11.3 Å². The number of methoxy groups -OCH3 is 1. The minimum Gasteiger partial charge on any atom is -0.497 e. The van der Waals surface area contributed by atoms with Gasteiger partial charge in [0.15, 0.2) is 5.96 Å². The van der Waals surface area contributed by atoms with E-state index in [1.54, 1.807) is 25.5 Å². The summed E-state index contributed by atoms with van der Waals surface area (Å²) in [4.78, 5) is 14.7. The van der Waals surface area contributed by atoms with Gasteiger partial charge in [-0.2, -0.15) is 0 Å². The van der Waals surface area contributed by atoms with Crippen LogP contribution in [0.15, 0.2) is 48.5 Å². The highest BCUT2D eigenvalue weighted by Gasteiger charge is 2.39. The second-order valence-electron chi connectivity index (χ2n) is 7.00. The predicted octanol–water partition coefficient (Wildman–Crippen LogP) is 4.18. The summed E-state index contributed by atoms with van der Waals surface area (Å²) < 4.78 is 6.44. The lowest BCUT2D eigenvalue weighted by Crippen LogP contribution is -2.57. The normalized spacial score (nSPS) is 20.0. The number of hydrogen-bond donors (Lipinski definition) is 2. The average molecular weight is 379 g/mol. The van der Waals surface area contributed by atoms with E-state index in [9.17, 15) is 4.79 Å². The molecule has 2 heterocycles. The summed E-state index contributed by atoms with van der Waals surface area (Å²) in [6, 6.07) is 16.4. The Morgan fingerprint density at radius 3 is 2.63 bits per heavy atom. The standard InChI is InChI=1S/C21H21N3O2S/c1-21(12-18(25)24(2)20(22)23-21)17-11-14-5-4-6-16(19(14)27-17)13-7-9-15(26-3)10-8-13/h4-11H,12H2,1-3H3,(H2,22,23)/t21-/m0/s1. The first-order valence-electron chi connectivity index (χ1n) is 8.72. The number of rotatable bonds is 3. The Bertz CT molecular complexity index is 1020. The molecule has 1 atom stereocenters. The molecule has 0 aliphatic carbocycles. The lowest BCUT2D eigenvalue weighted by Gasteiger charge is -2.38. The number of hydrogen-bond acceptors (Lipinski definition) is 4. The number of ether oxygens (including phenoxy) is 1. The second kappa shape index (κ2) is 6.39. The number of fused-ring (bicyclic) bond motifs is 1. The molecule has 0 radical (unpaired) electrons. The maximum absolute atomic E-state index is 12.3. The number of thiophene rings is 1. The number of benzene rings is 2. The first kappa shape index (κ1) is 17.5. The number of amides is 1. The smallest absolute Gasteiger partial charge is 0.231 e. The third-order valence-electron chi connectivity index (χ3n) is 5.10. The van der Waals surface area contributed by atoms with E-state index in [4.69, 9.17) is 10.1 Å². The van der Waals surface area contributed by atoms with Crippen molar-refractivity contribution in [2.45, 2.75) is 18.9 Å². The van der Waals surface area contributed by atoms with Crippen molar-refractivity contribution >= 4 is 33.3 Å². The van der Waals surface area contributed by atoms with Crippen LogP contribution in [-0.2, 0) is 10.3 Å². The van der Waals surface area contributed by atoms with E-state index in [0.717, 1.165) is 27.1 Å². The zero-order valence-electron chi connectivity index (χ0n) is 15.5. The number of guanidine groups is 1. The number of carbonyl (C=O) groups is 1. The first-order valence-corrected chi connectivity index (χ1v) is 9.54. The topological polar surface area (TPSA) is 65.4 Å². The fourth-order valence-corrected chi connectivity index (χ4v) is 4.71. The molecule has 0 saturated carbocycles. The van der Waals surface area contributed by atoms with Crippen molar-refractivity contribution in [3.05, 3.63) is 53.4 Å². The van der Waals surface area contributed by atoms with E-state index in [1.807, 2.05) is 19.1 Å². The Kier molecular flexibility index (Phi) is 4.15. The highest BCUT2D eigenvalue weighted by atomic mass is 32.1. The second-order valence-corrected chi connectivity index (χ2v) is 8.05. The van der Waals surface area contributed by atoms with E-state index >= 15 is 0 Å². The Morgan fingerprint density at radius 2 is 1.96 bits per heavy atom. The van der Waals surface area contributed by atoms with Gasteiger partial charge in [0.2, 0.25) is 5.91 Å². The maximum atomic E-state index is 12.3. The van der Waals surface area contributed by atoms with Crippen molar-refractivity contribution in [2.75, 3.05) is 14.2 Å². The summed E-state index contributed by atoms with van der Waals surface area (Å²) in [5.41, 5.74) is 1.71. The summed E-state index contributed by atoms with van der Waals surface area (Å²) in [5.74, 6) is 0.925. The van der Waals surface area contributed by atoms with Crippen LogP contribution in [0.4, 0.5) is 0 Å². The van der Waals surface area contributed by atoms with Gasteiger partial charge in [-0.05, 0) is 41.6 Å². The summed E-state index contributed by atoms with van der Waals surface area (Å²) in [7, 11) is 3.29. The average Bonchev–Trinajstić information content (AvgIpc) is 3.11. The summed E-state index contributed by atoms with van der Waals surface area (Å²) in [6.07, 6.45) is 0.330. The molecule has 1 amide bonds. The van der Waals surface area contributed by atoms with Crippen LogP contribution in [0, 0.1) is 5.41 Å². The molecule has 0 bridgehead atoms. The van der Waals surface area contributed by atoms with Gasteiger partial charge in [0.25, 0.3) is 0 Å². The van der Waals surface area contributed by atoms with Crippen LogP contribution < -0.4 is 10.1 Å². The molecule has 0 spiro atoms. The molecule has 1 aromatic heterocycles. The molecular weight excluding hydrogens is 358 g/mol. The summed E-state index contributed by atoms with van der Waals surface area (Å²) >= 11 is 1.68. The van der Waals surface area contributed by atoms with Gasteiger partial charge in [-0.3, -0.25) is 15.1 Å². The van der Waals surface area contributed by atoms with Crippen molar-refractivity contribution in [3.8, 4) is 16.9 Å². The largest absolute Gasteiger partial charge is 0.497 e. The van der Waals surface area contributed by atoms with Crippen molar-refractivity contribution < 1.29 is 9.53 Å². The van der Waals surface area contributed by atoms with Gasteiger partial charge in [0.05, 0.1) is 19.1 Å². The van der Waals surface area contributed by atoms with Crippen LogP contribution in [0.3, 0.4) is 0 Å². The summed E-state index contributed by atoms with van der Waals surface area (Å²) in [5, 5.41) is 12.4. The van der Waals surface area contributed by atoms with Gasteiger partial charge in [0, 0.05) is 16.6 Å². The fourth-order valence-electron chi connectivity index (χ4n) is 3.42. The zero-order valence-corrected chi connectivity index (χ0v) is 16.3. The maximum Gasteiger partial charge on any atom is 0.231 e. The van der Waals surface area contributed by atoms with Crippen LogP contribution in [0.2, 0.25) is 0 Å². The molecule has 1 aliphatic heterocycles. The van der Waals surface area contributed by atoms with Gasteiger partial charge < -0.3 is 10.1 Å². The third-order valence-corrected chi connectivity index (χ3v) is 6.55. The zero-order chi connectivity index (χ0) is 19.2. The number of nitrogens with one attached hydrogen (secondary N) is 2. The van der Waals surface area contributed by atoms with E-state index in [-0.39, 0.29) is 11.9 Å². The molecule has 27 heavy (non-hydrogen) atoms. The van der Waals surface area contributed by atoms with Gasteiger partial charge in [-0.1, -0.05) is 30.3 Å². The Hall–Kier alpha value is -2.86. The van der Waals surface area contributed by atoms with Crippen molar-refractivity contribution in [3.63, 3.8) is 0 Å². The van der Waals surface area contributed by atoms with Gasteiger partial charge in [-0.15, -0.1) is 11.3 Å². The Morgan fingerprint density at radius 1 is 1.22 bits per heavy atom. The van der Waals surface area contributed by atoms with E-state index in [2.05, 4.69) is 41.7 Å². The molecule has 4 rings (SSSR count). The Labute approximate surface area is 162 Å². The van der Waals surface area contributed by atoms with Crippen molar-refractivity contribution in [1.82, 2.24) is 10.2 Å². The molecule has 1 aliphatic rings. The minimum atomic E-state index is -0.568. The molecule has 2 N–H and O–H groups in total. The highest BCUT2D eigenvalue weighted by molar-refractivity contribution is 7.19. The lowest BCUT2D eigenvalue weighted by atomic mass is 9.92. The van der Waals surface area contributed by atoms with E-state index in [1.165, 1.54) is 9.60 Å². The molecule has 0 unspecified atom stereocenters. The van der Waals surface area contributed by atoms with Gasteiger partial charge >= 0.3 is 0 Å². The quantitative estimate of drug-likeness (QED) is 0.717. The molecular formula is C21H21N3O2S. The highest BCUT2D eigenvalue weighted by Crippen LogP contribution is 2.41. The number of nitrogens with zero attached hydrogens (tertiary/aromatic N) is 1. The van der Waals surface area contributed by atoms with E-state index < -0.39 is 5.54 Å². The van der Waals surface area contributed by atoms with E-state index in [0.29, 0.717) is 6.42 Å². The van der Waals surface area contributed by atoms with Crippen molar-refractivity contribution in [1.29, 1.82) is 5.41 Å². The SMILES string of the molecule is COc1ccc(-c2cccc3cc([C@]4(C)CC(=O)N(C)C(=N)N4)sc23)cc1.